The Labute approximate surface area is 96.4 Å². The molecule has 6 heteroatoms. The molecule has 1 aromatic carbocycles. The number of ether oxygens (including phenoxy) is 1. The summed E-state index contributed by atoms with van der Waals surface area (Å²) in [5, 5.41) is 0. The molecule has 0 bridgehead atoms. The van der Waals surface area contributed by atoms with Gasteiger partial charge in [0.2, 0.25) is 0 Å². The molecule has 0 aliphatic heterocycles. The van der Waals surface area contributed by atoms with Crippen molar-refractivity contribution in [1.29, 1.82) is 0 Å². The second-order valence-corrected chi connectivity index (χ2v) is 3.59. The van der Waals surface area contributed by atoms with Crippen LogP contribution in [0.5, 0.6) is 5.75 Å². The number of esters is 1. The Hall–Kier alpha value is -1.56. The van der Waals surface area contributed by atoms with Gasteiger partial charge in [-0.25, -0.2) is 0 Å². The van der Waals surface area contributed by atoms with Gasteiger partial charge in [0.15, 0.2) is 0 Å². The second kappa shape index (κ2) is 5.18. The van der Waals surface area contributed by atoms with Crippen molar-refractivity contribution >= 4 is 5.97 Å². The van der Waals surface area contributed by atoms with Gasteiger partial charge in [-0.2, -0.15) is 13.2 Å². The molecule has 2 N–H and O–H groups in total. The summed E-state index contributed by atoms with van der Waals surface area (Å²) in [5.74, 6) is -0.210. The van der Waals surface area contributed by atoms with Crippen LogP contribution in [-0.4, -0.2) is 12.1 Å². The molecule has 1 rings (SSSR count). The zero-order valence-electron chi connectivity index (χ0n) is 9.12. The average Bonchev–Trinajstić information content (AvgIpc) is 2.15. The number of hydrogen-bond donors (Lipinski definition) is 1. The molecule has 94 valence electrons. The fourth-order valence-corrected chi connectivity index (χ4v) is 1.32. The Bertz CT molecular complexity index is 387. The maximum Gasteiger partial charge on any atom is 0.390 e. The predicted octanol–water partition coefficient (Wildman–Crippen LogP) is 2.56. The minimum absolute atomic E-state index is 0.278. The van der Waals surface area contributed by atoms with E-state index in [1.54, 1.807) is 0 Å². The first-order valence-electron chi connectivity index (χ1n) is 4.88. The van der Waals surface area contributed by atoms with Gasteiger partial charge in [-0.3, -0.25) is 4.79 Å². The summed E-state index contributed by atoms with van der Waals surface area (Å²) in [6.45, 7) is 1.24. The molecule has 0 heterocycles. The van der Waals surface area contributed by atoms with E-state index in [0.717, 1.165) is 0 Å². The molecular weight excluding hydrogens is 235 g/mol. The van der Waals surface area contributed by atoms with E-state index in [9.17, 15) is 18.0 Å². The number of halogens is 3. The van der Waals surface area contributed by atoms with Crippen molar-refractivity contribution in [3.8, 4) is 5.75 Å². The van der Waals surface area contributed by atoms with Gasteiger partial charge >= 0.3 is 12.1 Å². The molecule has 0 saturated heterocycles. The number of nitrogens with two attached hydrogens (primary N) is 1. The summed E-state index contributed by atoms with van der Waals surface area (Å²) in [4.78, 5) is 10.6. The molecule has 1 aromatic rings. The maximum absolute atomic E-state index is 12.1. The van der Waals surface area contributed by atoms with Gasteiger partial charge in [0.1, 0.15) is 5.75 Å². The van der Waals surface area contributed by atoms with Crippen molar-refractivity contribution in [2.45, 2.75) is 25.6 Å². The molecule has 0 aliphatic carbocycles. The van der Waals surface area contributed by atoms with E-state index in [-0.39, 0.29) is 5.75 Å². The number of hydrogen-bond acceptors (Lipinski definition) is 3. The number of alkyl halides is 3. The molecule has 3 nitrogen and oxygen atoms in total. The van der Waals surface area contributed by atoms with E-state index in [0.29, 0.717) is 5.56 Å². The first kappa shape index (κ1) is 13.5. The summed E-state index contributed by atoms with van der Waals surface area (Å²) in [5.41, 5.74) is 5.75. The highest BCUT2D eigenvalue weighted by Crippen LogP contribution is 2.28. The Morgan fingerprint density at radius 3 is 2.29 bits per heavy atom. The molecule has 0 fully saturated rings. The minimum Gasteiger partial charge on any atom is -0.427 e. The van der Waals surface area contributed by atoms with Crippen molar-refractivity contribution < 1.29 is 22.7 Å². The monoisotopic (exact) mass is 247 g/mol. The van der Waals surface area contributed by atoms with Crippen molar-refractivity contribution in [1.82, 2.24) is 0 Å². The molecule has 0 unspecified atom stereocenters. The van der Waals surface area contributed by atoms with Gasteiger partial charge in [0.05, 0.1) is 6.42 Å². The lowest BCUT2D eigenvalue weighted by Crippen LogP contribution is -2.20. The van der Waals surface area contributed by atoms with Gasteiger partial charge in [0.25, 0.3) is 0 Å². The first-order chi connectivity index (χ1) is 7.78. The van der Waals surface area contributed by atoms with Crippen molar-refractivity contribution in [2.24, 2.45) is 5.73 Å². The number of carbonyl (C=O) groups is 1. The van der Waals surface area contributed by atoms with Crippen molar-refractivity contribution in [3.63, 3.8) is 0 Å². The molecule has 17 heavy (non-hydrogen) atoms. The number of carbonyl (C=O) groups excluding carboxylic acids is 1. The zero-order chi connectivity index (χ0) is 13.1. The third kappa shape index (κ3) is 4.86. The summed E-state index contributed by atoms with van der Waals surface area (Å²) in [6.07, 6.45) is -5.38. The normalized spacial score (nSPS) is 13.2. The first-order valence-corrected chi connectivity index (χ1v) is 4.88. The second-order valence-electron chi connectivity index (χ2n) is 3.59. The minimum atomic E-state index is -4.30. The lowest BCUT2D eigenvalue weighted by atomic mass is 10.0. The van der Waals surface area contributed by atoms with E-state index in [1.807, 2.05) is 0 Å². The Morgan fingerprint density at radius 2 is 1.88 bits per heavy atom. The average molecular weight is 247 g/mol. The van der Waals surface area contributed by atoms with E-state index < -0.39 is 24.6 Å². The third-order valence-electron chi connectivity index (χ3n) is 2.02. The van der Waals surface area contributed by atoms with Gasteiger partial charge in [0, 0.05) is 13.0 Å². The molecule has 0 aliphatic rings. The standard InChI is InChI=1S/C11H12F3NO2/c1-7(16)17-9-4-2-8(3-5-9)10(15)6-11(12,13)14/h2-5,10H,6,15H2,1H3/t10-/m0/s1. The van der Waals surface area contributed by atoms with E-state index in [4.69, 9.17) is 10.5 Å². The quantitative estimate of drug-likeness (QED) is 0.659. The van der Waals surface area contributed by atoms with Crippen LogP contribution in [0.25, 0.3) is 0 Å². The number of rotatable bonds is 3. The van der Waals surface area contributed by atoms with E-state index >= 15 is 0 Å². The third-order valence-corrected chi connectivity index (χ3v) is 2.02. The van der Waals surface area contributed by atoms with Crippen LogP contribution in [0.4, 0.5) is 13.2 Å². The van der Waals surface area contributed by atoms with Gasteiger partial charge in [-0.1, -0.05) is 12.1 Å². The molecule has 0 amide bonds. The summed E-state index contributed by atoms with van der Waals surface area (Å²) in [7, 11) is 0. The highest BCUT2D eigenvalue weighted by Gasteiger charge is 2.30. The Morgan fingerprint density at radius 1 is 1.35 bits per heavy atom. The van der Waals surface area contributed by atoms with Gasteiger partial charge in [-0.15, -0.1) is 0 Å². The van der Waals surface area contributed by atoms with Crippen LogP contribution in [0.2, 0.25) is 0 Å². The summed E-state index contributed by atoms with van der Waals surface area (Å²) >= 11 is 0. The van der Waals surface area contributed by atoms with Crippen LogP contribution in [0.15, 0.2) is 24.3 Å². The molecule has 0 radical (unpaired) electrons. The maximum atomic E-state index is 12.1. The van der Waals surface area contributed by atoms with Crippen molar-refractivity contribution in [3.05, 3.63) is 29.8 Å². The highest BCUT2D eigenvalue weighted by molar-refractivity contribution is 5.69. The predicted molar refractivity (Wildman–Crippen MR) is 55.4 cm³/mol. The Kier molecular flexibility index (Phi) is 4.11. The van der Waals surface area contributed by atoms with E-state index in [1.165, 1.54) is 31.2 Å². The van der Waals surface area contributed by atoms with Gasteiger partial charge < -0.3 is 10.5 Å². The molecule has 0 spiro atoms. The van der Waals surface area contributed by atoms with Crippen LogP contribution in [-0.2, 0) is 4.79 Å². The summed E-state index contributed by atoms with van der Waals surface area (Å²) < 4.78 is 41.0. The van der Waals surface area contributed by atoms with Crippen LogP contribution in [0.3, 0.4) is 0 Å². The summed E-state index contributed by atoms with van der Waals surface area (Å²) in [6, 6.07) is 4.53. The molecular formula is C11H12F3NO2. The van der Waals surface area contributed by atoms with Crippen LogP contribution >= 0.6 is 0 Å². The lowest BCUT2D eigenvalue weighted by Gasteiger charge is -2.14. The molecule has 1 atom stereocenters. The van der Waals surface area contributed by atoms with Crippen LogP contribution in [0, 0.1) is 0 Å². The van der Waals surface area contributed by atoms with Crippen molar-refractivity contribution in [2.75, 3.05) is 0 Å². The Balaban J connectivity index is 2.70. The largest absolute Gasteiger partial charge is 0.427 e. The number of benzene rings is 1. The molecule has 0 saturated carbocycles. The lowest BCUT2D eigenvalue weighted by molar-refractivity contribution is -0.138. The van der Waals surface area contributed by atoms with Gasteiger partial charge in [-0.05, 0) is 17.7 Å². The van der Waals surface area contributed by atoms with Crippen LogP contribution in [0.1, 0.15) is 24.9 Å². The van der Waals surface area contributed by atoms with Crippen LogP contribution < -0.4 is 10.5 Å². The smallest absolute Gasteiger partial charge is 0.390 e. The van der Waals surface area contributed by atoms with E-state index in [2.05, 4.69) is 0 Å². The zero-order valence-corrected chi connectivity index (χ0v) is 9.12. The SMILES string of the molecule is CC(=O)Oc1ccc([C@@H](N)CC(F)(F)F)cc1. The highest BCUT2D eigenvalue weighted by atomic mass is 19.4. The fraction of sp³-hybridized carbons (Fsp3) is 0.364. The topological polar surface area (TPSA) is 52.3 Å². The molecule has 0 aromatic heterocycles. The fourth-order valence-electron chi connectivity index (χ4n) is 1.32.